The van der Waals surface area contributed by atoms with Crippen molar-refractivity contribution in [3.8, 4) is 0 Å². The molecule has 1 aromatic rings. The maximum Gasteiger partial charge on any atom is 0.410 e. The number of likely N-dealkylation sites (tertiary alicyclic amines) is 1. The number of ether oxygens (including phenoxy) is 2. The summed E-state index contributed by atoms with van der Waals surface area (Å²) in [5.74, 6) is 0.0790. The number of hydrogen-bond donors (Lipinski definition) is 2. The van der Waals surface area contributed by atoms with E-state index in [2.05, 4.69) is 15.3 Å². The van der Waals surface area contributed by atoms with Gasteiger partial charge in [-0.1, -0.05) is 13.8 Å². The molecule has 2 N–H and O–H groups in total. The van der Waals surface area contributed by atoms with E-state index in [0.29, 0.717) is 25.3 Å². The molecule has 27 heavy (non-hydrogen) atoms. The van der Waals surface area contributed by atoms with Gasteiger partial charge in [0.05, 0.1) is 24.4 Å². The fourth-order valence-electron chi connectivity index (χ4n) is 3.19. The van der Waals surface area contributed by atoms with Gasteiger partial charge in [-0.25, -0.2) is 9.78 Å². The van der Waals surface area contributed by atoms with Crippen molar-refractivity contribution in [3.05, 3.63) is 17.2 Å². The lowest BCUT2D eigenvalue weighted by atomic mass is 10.0. The van der Waals surface area contributed by atoms with Crippen molar-refractivity contribution in [2.75, 3.05) is 20.2 Å². The fourth-order valence-corrected chi connectivity index (χ4v) is 3.19. The molecule has 0 radical (unpaired) electrons. The highest BCUT2D eigenvalue weighted by atomic mass is 16.6. The summed E-state index contributed by atoms with van der Waals surface area (Å²) in [6.45, 7) is 10.4. The first kappa shape index (κ1) is 21.2. The first-order chi connectivity index (χ1) is 12.7. The van der Waals surface area contributed by atoms with Crippen molar-refractivity contribution in [1.29, 1.82) is 0 Å². The third-order valence-electron chi connectivity index (χ3n) is 4.60. The summed E-state index contributed by atoms with van der Waals surface area (Å²) < 4.78 is 11.0. The Kier molecular flexibility index (Phi) is 6.86. The van der Waals surface area contributed by atoms with Gasteiger partial charge in [0, 0.05) is 19.3 Å². The lowest BCUT2D eigenvalue weighted by Crippen LogP contribution is -2.56. The number of hydrogen-bond acceptors (Lipinski definition) is 5. The highest BCUT2D eigenvalue weighted by molar-refractivity contribution is 5.91. The Morgan fingerprint density at radius 1 is 1.30 bits per heavy atom. The van der Waals surface area contributed by atoms with Crippen LogP contribution in [0, 0.1) is 0 Å². The van der Waals surface area contributed by atoms with Gasteiger partial charge in [0.15, 0.2) is 5.82 Å². The van der Waals surface area contributed by atoms with Crippen LogP contribution in [-0.2, 0) is 22.3 Å². The Morgan fingerprint density at radius 3 is 2.52 bits per heavy atom. The molecule has 1 aromatic heterocycles. The van der Waals surface area contributed by atoms with E-state index in [9.17, 15) is 9.59 Å². The number of H-pyrrole nitrogens is 1. The van der Waals surface area contributed by atoms with Crippen molar-refractivity contribution >= 4 is 12.0 Å². The maximum absolute atomic E-state index is 12.6. The van der Waals surface area contributed by atoms with Crippen LogP contribution in [0.2, 0.25) is 0 Å². The van der Waals surface area contributed by atoms with Crippen molar-refractivity contribution in [2.45, 2.75) is 71.6 Å². The molecular formula is C19H32N4O4. The van der Waals surface area contributed by atoms with E-state index in [1.807, 2.05) is 34.6 Å². The molecule has 0 saturated carbocycles. The van der Waals surface area contributed by atoms with Crippen molar-refractivity contribution in [3.63, 3.8) is 0 Å². The van der Waals surface area contributed by atoms with Gasteiger partial charge >= 0.3 is 6.09 Å². The number of carbonyl (C=O) groups excluding carboxylic acids is 2. The largest absolute Gasteiger partial charge is 0.444 e. The van der Waals surface area contributed by atoms with E-state index in [1.165, 1.54) is 0 Å². The van der Waals surface area contributed by atoms with E-state index in [4.69, 9.17) is 9.47 Å². The number of nitrogens with zero attached hydrogens (tertiary/aromatic N) is 2. The van der Waals surface area contributed by atoms with Crippen LogP contribution in [0.15, 0.2) is 0 Å². The number of nitrogens with one attached hydrogen (secondary N) is 2. The number of carbonyl (C=O) groups is 2. The zero-order chi connectivity index (χ0) is 20.2. The molecule has 2 atom stereocenters. The van der Waals surface area contributed by atoms with Gasteiger partial charge < -0.3 is 24.7 Å². The minimum absolute atomic E-state index is 0.193. The zero-order valence-electron chi connectivity index (χ0n) is 17.2. The van der Waals surface area contributed by atoms with E-state index >= 15 is 0 Å². The van der Waals surface area contributed by atoms with Crippen molar-refractivity contribution in [2.24, 2.45) is 0 Å². The van der Waals surface area contributed by atoms with Gasteiger partial charge in [-0.3, -0.25) is 4.79 Å². The maximum atomic E-state index is 12.6. The molecule has 2 rings (SSSR count). The Labute approximate surface area is 161 Å². The minimum Gasteiger partial charge on any atom is -0.444 e. The highest BCUT2D eigenvalue weighted by Crippen LogP contribution is 2.18. The summed E-state index contributed by atoms with van der Waals surface area (Å²) in [5, 5.41) is 3.00. The molecule has 0 aromatic carbocycles. The van der Waals surface area contributed by atoms with E-state index in [1.54, 1.807) is 12.0 Å². The molecule has 1 saturated heterocycles. The second-order valence-electron chi connectivity index (χ2n) is 7.79. The lowest BCUT2D eigenvalue weighted by Gasteiger charge is -2.38. The Balaban J connectivity index is 2.00. The number of aromatic amines is 1. The fraction of sp³-hybridized carbons (Fsp3) is 0.737. The van der Waals surface area contributed by atoms with Crippen LogP contribution in [0.5, 0.6) is 0 Å². The number of amides is 2. The Bertz CT molecular complexity index is 644. The number of aryl methyl sites for hydroxylation is 2. The molecule has 0 unspecified atom stereocenters. The van der Waals surface area contributed by atoms with Crippen molar-refractivity contribution in [1.82, 2.24) is 20.2 Å². The van der Waals surface area contributed by atoms with Crippen LogP contribution in [0.1, 0.15) is 63.0 Å². The average Bonchev–Trinajstić information content (AvgIpc) is 3.04. The van der Waals surface area contributed by atoms with Crippen LogP contribution in [0.25, 0.3) is 0 Å². The van der Waals surface area contributed by atoms with Crippen LogP contribution in [0.3, 0.4) is 0 Å². The number of aromatic nitrogens is 2. The number of rotatable bonds is 5. The predicted octanol–water partition coefficient (Wildman–Crippen LogP) is 2.29. The number of piperidine rings is 1. The molecule has 152 valence electrons. The quantitative estimate of drug-likeness (QED) is 0.817. The van der Waals surface area contributed by atoms with Crippen molar-refractivity contribution < 1.29 is 19.1 Å². The van der Waals surface area contributed by atoms with Gasteiger partial charge in [-0.2, -0.15) is 0 Å². The molecule has 0 spiro atoms. The molecule has 2 heterocycles. The van der Waals surface area contributed by atoms with Gasteiger partial charge in [0.25, 0.3) is 5.91 Å². The summed E-state index contributed by atoms with van der Waals surface area (Å²) in [4.78, 5) is 34.0. The predicted molar refractivity (Wildman–Crippen MR) is 102 cm³/mol. The molecule has 1 aliphatic rings. The molecule has 1 aliphatic heterocycles. The van der Waals surface area contributed by atoms with Gasteiger partial charge in [-0.15, -0.1) is 0 Å². The number of methoxy groups -OCH3 is 1. The Morgan fingerprint density at radius 2 is 2.00 bits per heavy atom. The van der Waals surface area contributed by atoms with Gasteiger partial charge in [0.2, 0.25) is 0 Å². The summed E-state index contributed by atoms with van der Waals surface area (Å²) >= 11 is 0. The van der Waals surface area contributed by atoms with Gasteiger partial charge in [-0.05, 0) is 40.0 Å². The van der Waals surface area contributed by atoms with E-state index < -0.39 is 5.60 Å². The van der Waals surface area contributed by atoms with Crippen LogP contribution in [-0.4, -0.2) is 64.8 Å². The minimum atomic E-state index is -0.544. The second-order valence-corrected chi connectivity index (χ2v) is 7.79. The normalized spacial score (nSPS) is 20.4. The standard InChI is InChI=1S/C19H32N4O4/c1-7-12-13(8-2)21-16(20-12)17(24)22-14-9-10-23(11-15(14)26-6)18(25)27-19(3,4)5/h14-15H,7-11H2,1-6H3,(H,20,21)(H,22,24)/t14-,15+/m1/s1. The third-order valence-corrected chi connectivity index (χ3v) is 4.60. The Hall–Kier alpha value is -2.09. The molecule has 1 fully saturated rings. The van der Waals surface area contributed by atoms with Crippen LogP contribution >= 0.6 is 0 Å². The molecular weight excluding hydrogens is 348 g/mol. The molecule has 8 nitrogen and oxygen atoms in total. The third kappa shape index (κ3) is 5.45. The monoisotopic (exact) mass is 380 g/mol. The molecule has 0 aliphatic carbocycles. The smallest absolute Gasteiger partial charge is 0.410 e. The zero-order valence-corrected chi connectivity index (χ0v) is 17.2. The average molecular weight is 380 g/mol. The lowest BCUT2D eigenvalue weighted by molar-refractivity contribution is -0.0172. The number of imidazole rings is 1. The highest BCUT2D eigenvalue weighted by Gasteiger charge is 2.35. The summed E-state index contributed by atoms with van der Waals surface area (Å²) in [6, 6.07) is -0.193. The van der Waals surface area contributed by atoms with Gasteiger partial charge in [0.1, 0.15) is 5.60 Å². The topological polar surface area (TPSA) is 96.6 Å². The molecule has 2 amide bonds. The first-order valence-electron chi connectivity index (χ1n) is 9.57. The summed E-state index contributed by atoms with van der Waals surface area (Å²) in [6.07, 6.45) is 1.51. The molecule has 0 bridgehead atoms. The van der Waals surface area contributed by atoms with E-state index in [-0.39, 0.29) is 24.1 Å². The SMILES string of the molecule is CCc1nc(C(=O)N[C@@H]2CCN(C(=O)OC(C)(C)C)C[C@@H]2OC)[nH]c1CC. The van der Waals surface area contributed by atoms with E-state index in [0.717, 1.165) is 24.2 Å². The summed E-state index contributed by atoms with van der Waals surface area (Å²) in [7, 11) is 1.58. The first-order valence-corrected chi connectivity index (χ1v) is 9.57. The summed E-state index contributed by atoms with van der Waals surface area (Å²) in [5.41, 5.74) is 1.37. The second kappa shape index (κ2) is 8.73. The van der Waals surface area contributed by atoms with Crippen LogP contribution in [0.4, 0.5) is 4.79 Å². The van der Waals surface area contributed by atoms with Crippen LogP contribution < -0.4 is 5.32 Å². The molecule has 8 heteroatoms.